The molecule has 2 atom stereocenters. The number of carbonyl (C=O) groups is 4. The second kappa shape index (κ2) is 8.23. The summed E-state index contributed by atoms with van der Waals surface area (Å²) >= 11 is 0. The molecule has 29 heavy (non-hydrogen) atoms. The molecule has 1 aliphatic carbocycles. The van der Waals surface area contributed by atoms with Gasteiger partial charge in [0.2, 0.25) is 0 Å². The van der Waals surface area contributed by atoms with Gasteiger partial charge in [-0.3, -0.25) is 19.3 Å². The lowest BCUT2D eigenvalue weighted by Gasteiger charge is -2.36. The largest absolute Gasteiger partial charge is 0.454 e. The molecule has 0 unspecified atom stereocenters. The number of hydrogen-bond donors (Lipinski definition) is 2. The fourth-order valence-corrected chi connectivity index (χ4v) is 4.10. The van der Waals surface area contributed by atoms with Gasteiger partial charge in [0.1, 0.15) is 12.1 Å². The Balaban J connectivity index is 1.53. The molecule has 156 valence electrons. The molecule has 8 nitrogen and oxygen atoms in total. The number of anilines is 1. The number of nitrogens with zero attached hydrogens (tertiary/aromatic N) is 1. The first-order valence-corrected chi connectivity index (χ1v) is 9.90. The van der Waals surface area contributed by atoms with Gasteiger partial charge in [0.05, 0.1) is 0 Å². The number of amides is 4. The van der Waals surface area contributed by atoms with Crippen LogP contribution in [0.4, 0.5) is 10.5 Å². The highest BCUT2D eigenvalue weighted by atomic mass is 16.5. The third-order valence-corrected chi connectivity index (χ3v) is 5.81. The predicted octanol–water partition coefficient (Wildman–Crippen LogP) is 2.29. The van der Waals surface area contributed by atoms with Crippen molar-refractivity contribution in [1.82, 2.24) is 10.2 Å². The van der Waals surface area contributed by atoms with Gasteiger partial charge in [-0.2, -0.15) is 0 Å². The highest BCUT2D eigenvalue weighted by Gasteiger charge is 2.55. The first-order valence-electron chi connectivity index (χ1n) is 9.90. The Morgan fingerprint density at radius 1 is 1.28 bits per heavy atom. The van der Waals surface area contributed by atoms with E-state index in [-0.39, 0.29) is 11.8 Å². The topological polar surface area (TPSA) is 105 Å². The van der Waals surface area contributed by atoms with Gasteiger partial charge in [-0.25, -0.2) is 4.79 Å². The van der Waals surface area contributed by atoms with Crippen molar-refractivity contribution in [2.75, 3.05) is 18.5 Å². The number of esters is 1. The monoisotopic (exact) mass is 401 g/mol. The predicted molar refractivity (Wildman–Crippen MR) is 106 cm³/mol. The van der Waals surface area contributed by atoms with E-state index in [1.807, 2.05) is 32.9 Å². The minimum atomic E-state index is -0.921. The molecule has 3 rings (SSSR count). The number of nitrogens with one attached hydrogen (secondary N) is 2. The molecule has 2 aliphatic rings. The Labute approximate surface area is 170 Å². The standard InChI is InChI=1S/C21H27N3O5/c1-13-7-8-16(14(2)10-13)22-17(25)12-29-18(26)11-24-19(27)21(23-20(24)28)9-5-4-6-15(21)3/h7-8,10,15H,4-6,9,11-12H2,1-3H3,(H,22,25)(H,23,28)/t15-,21+/m1/s1. The van der Waals surface area contributed by atoms with Crippen LogP contribution in [0.5, 0.6) is 0 Å². The van der Waals surface area contributed by atoms with E-state index < -0.39 is 36.6 Å². The van der Waals surface area contributed by atoms with Gasteiger partial charge >= 0.3 is 12.0 Å². The zero-order valence-corrected chi connectivity index (χ0v) is 17.0. The normalized spacial score (nSPS) is 23.8. The number of imide groups is 1. The van der Waals surface area contributed by atoms with E-state index in [0.29, 0.717) is 12.1 Å². The molecule has 1 aliphatic heterocycles. The maximum Gasteiger partial charge on any atom is 0.326 e. The van der Waals surface area contributed by atoms with E-state index in [4.69, 9.17) is 4.74 Å². The number of ether oxygens (including phenoxy) is 1. The lowest BCUT2D eigenvalue weighted by molar-refractivity contribution is -0.150. The minimum Gasteiger partial charge on any atom is -0.454 e. The molecule has 4 amide bonds. The molecule has 1 aromatic rings. The number of hydrogen-bond acceptors (Lipinski definition) is 5. The second-order valence-electron chi connectivity index (χ2n) is 7.97. The van der Waals surface area contributed by atoms with Crippen LogP contribution in [-0.4, -0.2) is 47.4 Å². The molecule has 1 saturated carbocycles. The van der Waals surface area contributed by atoms with Crippen LogP contribution in [0, 0.1) is 19.8 Å². The van der Waals surface area contributed by atoms with Gasteiger partial charge in [-0.15, -0.1) is 0 Å². The van der Waals surface area contributed by atoms with Crippen molar-refractivity contribution in [2.45, 2.75) is 52.0 Å². The quantitative estimate of drug-likeness (QED) is 0.582. The highest BCUT2D eigenvalue weighted by molar-refractivity contribution is 6.09. The van der Waals surface area contributed by atoms with Gasteiger partial charge in [-0.05, 0) is 44.2 Å². The Morgan fingerprint density at radius 2 is 2.03 bits per heavy atom. The van der Waals surface area contributed by atoms with Crippen molar-refractivity contribution in [3.05, 3.63) is 29.3 Å². The van der Waals surface area contributed by atoms with Crippen LogP contribution in [-0.2, 0) is 19.1 Å². The average molecular weight is 401 g/mol. The van der Waals surface area contributed by atoms with Crippen molar-refractivity contribution < 1.29 is 23.9 Å². The third kappa shape index (κ3) is 4.26. The minimum absolute atomic E-state index is 0.0113. The summed E-state index contributed by atoms with van der Waals surface area (Å²) in [7, 11) is 0. The number of carbonyl (C=O) groups excluding carboxylic acids is 4. The van der Waals surface area contributed by atoms with Crippen LogP contribution in [0.2, 0.25) is 0 Å². The Hall–Kier alpha value is -2.90. The molecule has 1 spiro atoms. The molecule has 2 fully saturated rings. The van der Waals surface area contributed by atoms with Crippen molar-refractivity contribution >= 4 is 29.5 Å². The summed E-state index contributed by atoms with van der Waals surface area (Å²) in [6.07, 6.45) is 3.29. The van der Waals surface area contributed by atoms with Crippen LogP contribution in [0.3, 0.4) is 0 Å². The average Bonchev–Trinajstić information content (AvgIpc) is 2.90. The fraction of sp³-hybridized carbons (Fsp3) is 0.524. The molecule has 2 N–H and O–H groups in total. The maximum atomic E-state index is 12.8. The Morgan fingerprint density at radius 3 is 2.72 bits per heavy atom. The Bertz CT molecular complexity index is 853. The first kappa shape index (κ1) is 20.8. The van der Waals surface area contributed by atoms with Crippen molar-refractivity contribution in [3.8, 4) is 0 Å². The summed E-state index contributed by atoms with van der Waals surface area (Å²) in [6, 6.07) is 5.00. The van der Waals surface area contributed by atoms with Gasteiger partial charge < -0.3 is 15.4 Å². The SMILES string of the molecule is Cc1ccc(NC(=O)COC(=O)CN2C(=O)N[C@]3(CCCC[C@H]3C)C2=O)c(C)c1. The molecule has 0 radical (unpaired) electrons. The first-order chi connectivity index (χ1) is 13.7. The number of urea groups is 1. The zero-order valence-electron chi connectivity index (χ0n) is 17.0. The lowest BCUT2D eigenvalue weighted by Crippen LogP contribution is -2.54. The van der Waals surface area contributed by atoms with E-state index in [1.165, 1.54) is 0 Å². The molecule has 8 heteroatoms. The molecule has 1 heterocycles. The number of benzene rings is 1. The summed E-state index contributed by atoms with van der Waals surface area (Å²) < 4.78 is 4.98. The number of aryl methyl sites for hydroxylation is 2. The summed E-state index contributed by atoms with van der Waals surface area (Å²) in [5, 5.41) is 5.46. The summed E-state index contributed by atoms with van der Waals surface area (Å²) in [5.74, 6) is -1.66. The van der Waals surface area contributed by atoms with Crippen molar-refractivity contribution in [2.24, 2.45) is 5.92 Å². The maximum absolute atomic E-state index is 12.8. The van der Waals surface area contributed by atoms with Crippen LogP contribution >= 0.6 is 0 Å². The van der Waals surface area contributed by atoms with Gasteiger partial charge in [0, 0.05) is 5.69 Å². The smallest absolute Gasteiger partial charge is 0.326 e. The Kier molecular flexibility index (Phi) is 5.91. The third-order valence-electron chi connectivity index (χ3n) is 5.81. The summed E-state index contributed by atoms with van der Waals surface area (Å²) in [6.45, 7) is 4.77. The molecular formula is C21H27N3O5. The van der Waals surface area contributed by atoms with Gasteiger partial charge in [0.15, 0.2) is 6.61 Å². The summed E-state index contributed by atoms with van der Waals surface area (Å²) in [4.78, 5) is 50.2. The van der Waals surface area contributed by atoms with Crippen LogP contribution in [0.1, 0.15) is 43.7 Å². The molecular weight excluding hydrogens is 374 g/mol. The van der Waals surface area contributed by atoms with Crippen LogP contribution in [0.25, 0.3) is 0 Å². The molecule has 0 bridgehead atoms. The second-order valence-corrected chi connectivity index (χ2v) is 7.97. The van der Waals surface area contributed by atoms with E-state index in [2.05, 4.69) is 10.6 Å². The van der Waals surface area contributed by atoms with Crippen molar-refractivity contribution in [1.29, 1.82) is 0 Å². The lowest BCUT2D eigenvalue weighted by atomic mass is 9.73. The molecule has 1 saturated heterocycles. The zero-order chi connectivity index (χ0) is 21.2. The van der Waals surface area contributed by atoms with Crippen LogP contribution in [0.15, 0.2) is 18.2 Å². The summed E-state index contributed by atoms with van der Waals surface area (Å²) in [5.41, 5.74) is 1.69. The van der Waals surface area contributed by atoms with Crippen LogP contribution < -0.4 is 10.6 Å². The highest BCUT2D eigenvalue weighted by Crippen LogP contribution is 2.38. The number of rotatable bonds is 5. The van der Waals surface area contributed by atoms with Crippen molar-refractivity contribution in [3.63, 3.8) is 0 Å². The van der Waals surface area contributed by atoms with E-state index in [9.17, 15) is 19.2 Å². The van der Waals surface area contributed by atoms with Gasteiger partial charge in [0.25, 0.3) is 11.8 Å². The van der Waals surface area contributed by atoms with E-state index >= 15 is 0 Å². The fourth-order valence-electron chi connectivity index (χ4n) is 4.10. The molecule has 1 aromatic carbocycles. The van der Waals surface area contributed by atoms with E-state index in [1.54, 1.807) is 6.07 Å². The van der Waals surface area contributed by atoms with Gasteiger partial charge in [-0.1, -0.05) is 37.5 Å². The van der Waals surface area contributed by atoms with E-state index in [0.717, 1.165) is 35.3 Å². The molecule has 0 aromatic heterocycles.